The summed E-state index contributed by atoms with van der Waals surface area (Å²) in [6, 6.07) is 5.60. The van der Waals surface area contributed by atoms with Gasteiger partial charge in [0.1, 0.15) is 11.5 Å². The summed E-state index contributed by atoms with van der Waals surface area (Å²) in [6.45, 7) is 2.16. The number of benzene rings is 1. The number of carbonyl (C=O) groups is 1. The van der Waals surface area contributed by atoms with E-state index in [2.05, 4.69) is 10.6 Å². The minimum absolute atomic E-state index is 0.0522. The summed E-state index contributed by atoms with van der Waals surface area (Å²) in [4.78, 5) is 14.1. The molecular weight excluding hydrogens is 363 g/mol. The van der Waals surface area contributed by atoms with Crippen LogP contribution < -0.4 is 15.4 Å². The fourth-order valence-corrected chi connectivity index (χ4v) is 2.46. The number of alkyl halides is 3. The van der Waals surface area contributed by atoms with Crippen molar-refractivity contribution < 1.29 is 27.1 Å². The van der Waals surface area contributed by atoms with Crippen molar-refractivity contribution in [1.29, 1.82) is 0 Å². The maximum absolute atomic E-state index is 12.9. The second-order valence-corrected chi connectivity index (χ2v) is 5.97. The Hall–Kier alpha value is -2.68. The molecule has 2 rings (SSSR count). The molecule has 0 fully saturated rings. The first-order chi connectivity index (χ1) is 12.7. The van der Waals surface area contributed by atoms with Crippen molar-refractivity contribution in [3.8, 4) is 5.75 Å². The molecule has 9 heteroatoms. The molecule has 0 aliphatic carbocycles. The summed E-state index contributed by atoms with van der Waals surface area (Å²) in [5, 5.41) is 5.06. The molecule has 2 aromatic rings. The number of furan rings is 1. The van der Waals surface area contributed by atoms with Crippen LogP contribution in [-0.2, 0) is 6.18 Å². The SMILES string of the molecule is CCOc1ccc(C(F)(F)F)cc1NC(=O)NCC(c1ccco1)N(C)C. The highest BCUT2D eigenvalue weighted by Crippen LogP contribution is 2.35. The molecule has 0 aliphatic rings. The van der Waals surface area contributed by atoms with Gasteiger partial charge in [0.15, 0.2) is 0 Å². The van der Waals surface area contributed by atoms with E-state index in [1.54, 1.807) is 19.1 Å². The number of nitrogens with zero attached hydrogens (tertiary/aromatic N) is 1. The fourth-order valence-electron chi connectivity index (χ4n) is 2.46. The van der Waals surface area contributed by atoms with Crippen LogP contribution in [0.1, 0.15) is 24.3 Å². The minimum Gasteiger partial charge on any atom is -0.492 e. The smallest absolute Gasteiger partial charge is 0.416 e. The summed E-state index contributed by atoms with van der Waals surface area (Å²) in [7, 11) is 3.65. The van der Waals surface area contributed by atoms with Gasteiger partial charge < -0.3 is 19.8 Å². The number of likely N-dealkylation sites (N-methyl/N-ethyl adjacent to an activating group) is 1. The first-order valence-electron chi connectivity index (χ1n) is 8.31. The van der Waals surface area contributed by atoms with Crippen molar-refractivity contribution in [3.05, 3.63) is 47.9 Å². The van der Waals surface area contributed by atoms with Crippen LogP contribution >= 0.6 is 0 Å². The predicted molar refractivity (Wildman–Crippen MR) is 94.8 cm³/mol. The van der Waals surface area contributed by atoms with E-state index in [-0.39, 0.29) is 30.6 Å². The number of ether oxygens (including phenoxy) is 1. The van der Waals surface area contributed by atoms with E-state index in [1.807, 2.05) is 19.0 Å². The van der Waals surface area contributed by atoms with Crippen LogP contribution in [0.25, 0.3) is 0 Å². The number of amides is 2. The van der Waals surface area contributed by atoms with Gasteiger partial charge in [-0.3, -0.25) is 4.90 Å². The van der Waals surface area contributed by atoms with Gasteiger partial charge in [0.25, 0.3) is 0 Å². The number of hydrogen-bond donors (Lipinski definition) is 2. The maximum Gasteiger partial charge on any atom is 0.416 e. The molecule has 2 amide bonds. The number of nitrogens with one attached hydrogen (secondary N) is 2. The Kier molecular flexibility index (Phi) is 6.73. The standard InChI is InChI=1S/C18H22F3N3O3/c1-4-26-15-8-7-12(18(19,20)21)10-13(15)23-17(25)22-11-14(24(2)3)16-6-5-9-27-16/h5-10,14H,4,11H2,1-3H3,(H2,22,23,25). The summed E-state index contributed by atoms with van der Waals surface area (Å²) in [5.41, 5.74) is -0.924. The zero-order valence-electron chi connectivity index (χ0n) is 15.3. The van der Waals surface area contributed by atoms with Crippen LogP contribution in [-0.4, -0.2) is 38.2 Å². The molecule has 27 heavy (non-hydrogen) atoms. The lowest BCUT2D eigenvalue weighted by atomic mass is 10.1. The summed E-state index contributed by atoms with van der Waals surface area (Å²) in [6.07, 6.45) is -2.99. The van der Waals surface area contributed by atoms with Crippen molar-refractivity contribution >= 4 is 11.7 Å². The molecule has 6 nitrogen and oxygen atoms in total. The molecule has 1 heterocycles. The highest BCUT2D eigenvalue weighted by Gasteiger charge is 2.31. The van der Waals surface area contributed by atoms with Crippen LogP contribution in [0.5, 0.6) is 5.75 Å². The van der Waals surface area contributed by atoms with E-state index < -0.39 is 17.8 Å². The average molecular weight is 385 g/mol. The van der Waals surface area contributed by atoms with Gasteiger partial charge in [0.05, 0.1) is 30.2 Å². The zero-order valence-corrected chi connectivity index (χ0v) is 15.3. The number of urea groups is 1. The second kappa shape index (κ2) is 8.81. The van der Waals surface area contributed by atoms with Crippen molar-refractivity contribution in [3.63, 3.8) is 0 Å². The average Bonchev–Trinajstić information content (AvgIpc) is 3.09. The number of halogens is 3. The Morgan fingerprint density at radius 1 is 1.30 bits per heavy atom. The topological polar surface area (TPSA) is 66.7 Å². The van der Waals surface area contributed by atoms with E-state index in [1.165, 1.54) is 12.3 Å². The van der Waals surface area contributed by atoms with Gasteiger partial charge >= 0.3 is 12.2 Å². The molecule has 1 aromatic heterocycles. The van der Waals surface area contributed by atoms with E-state index in [0.29, 0.717) is 5.76 Å². The lowest BCUT2D eigenvalue weighted by Crippen LogP contribution is -2.36. The van der Waals surface area contributed by atoms with Crippen molar-refractivity contribution in [2.24, 2.45) is 0 Å². The minimum atomic E-state index is -4.52. The molecule has 0 aliphatic heterocycles. The molecule has 0 radical (unpaired) electrons. The van der Waals surface area contributed by atoms with E-state index >= 15 is 0 Å². The van der Waals surface area contributed by atoms with Gasteiger partial charge in [-0.25, -0.2) is 4.79 Å². The lowest BCUT2D eigenvalue weighted by Gasteiger charge is -2.23. The highest BCUT2D eigenvalue weighted by molar-refractivity contribution is 5.91. The third kappa shape index (κ3) is 5.65. The molecular formula is C18H22F3N3O3. The molecule has 1 atom stereocenters. The van der Waals surface area contributed by atoms with Gasteiger partial charge in [-0.05, 0) is 51.4 Å². The van der Waals surface area contributed by atoms with Gasteiger partial charge in [0.2, 0.25) is 0 Å². The van der Waals surface area contributed by atoms with E-state index in [9.17, 15) is 18.0 Å². The summed E-state index contributed by atoms with van der Waals surface area (Å²) in [5.74, 6) is 0.824. The number of hydrogen-bond acceptors (Lipinski definition) is 4. The molecule has 0 saturated heterocycles. The largest absolute Gasteiger partial charge is 0.492 e. The Labute approximate surface area is 155 Å². The van der Waals surface area contributed by atoms with Gasteiger partial charge in [-0.15, -0.1) is 0 Å². The number of rotatable bonds is 7. The Balaban J connectivity index is 2.09. The number of carbonyl (C=O) groups excluding carboxylic acids is 1. The van der Waals surface area contributed by atoms with Crippen molar-refractivity contribution in [2.75, 3.05) is 32.6 Å². The predicted octanol–water partition coefficient (Wildman–Crippen LogP) is 4.12. The van der Waals surface area contributed by atoms with Crippen LogP contribution in [0.15, 0.2) is 41.0 Å². The quantitative estimate of drug-likeness (QED) is 0.752. The van der Waals surface area contributed by atoms with Crippen molar-refractivity contribution in [2.45, 2.75) is 19.1 Å². The molecule has 2 N–H and O–H groups in total. The molecule has 148 valence electrons. The van der Waals surface area contributed by atoms with Crippen molar-refractivity contribution in [1.82, 2.24) is 10.2 Å². The second-order valence-electron chi connectivity index (χ2n) is 5.97. The van der Waals surface area contributed by atoms with E-state index in [0.717, 1.165) is 12.1 Å². The molecule has 0 bridgehead atoms. The summed E-state index contributed by atoms with van der Waals surface area (Å²) < 4.78 is 49.5. The van der Waals surface area contributed by atoms with E-state index in [4.69, 9.17) is 9.15 Å². The maximum atomic E-state index is 12.9. The molecule has 1 aromatic carbocycles. The fraction of sp³-hybridized carbons (Fsp3) is 0.389. The normalized spacial score (nSPS) is 12.7. The van der Waals surface area contributed by atoms with Crippen LogP contribution in [0.4, 0.5) is 23.7 Å². The zero-order chi connectivity index (χ0) is 20.0. The third-order valence-electron chi connectivity index (χ3n) is 3.81. The van der Waals surface area contributed by atoms with Gasteiger partial charge in [-0.1, -0.05) is 0 Å². The Bertz CT molecular complexity index is 746. The first-order valence-corrected chi connectivity index (χ1v) is 8.31. The molecule has 0 saturated carbocycles. The van der Waals surface area contributed by atoms with Crippen LogP contribution in [0, 0.1) is 0 Å². The van der Waals surface area contributed by atoms with Gasteiger partial charge in [-0.2, -0.15) is 13.2 Å². The Morgan fingerprint density at radius 3 is 2.59 bits per heavy atom. The molecule has 1 unspecified atom stereocenters. The van der Waals surface area contributed by atoms with Crippen LogP contribution in [0.3, 0.4) is 0 Å². The lowest BCUT2D eigenvalue weighted by molar-refractivity contribution is -0.137. The summed E-state index contributed by atoms with van der Waals surface area (Å²) >= 11 is 0. The van der Waals surface area contributed by atoms with Gasteiger partial charge in [0, 0.05) is 6.54 Å². The third-order valence-corrected chi connectivity index (χ3v) is 3.81. The first kappa shape index (κ1) is 20.6. The molecule has 0 spiro atoms. The Morgan fingerprint density at radius 2 is 2.04 bits per heavy atom. The van der Waals surface area contributed by atoms with Crippen LogP contribution in [0.2, 0.25) is 0 Å². The number of anilines is 1. The monoisotopic (exact) mass is 385 g/mol. The highest BCUT2D eigenvalue weighted by atomic mass is 19.4.